The molecule has 0 atom stereocenters. The number of carbonyl (C=O) groups excluding carboxylic acids is 1. The van der Waals surface area contributed by atoms with Gasteiger partial charge in [-0.2, -0.15) is 0 Å². The van der Waals surface area contributed by atoms with Crippen LogP contribution in [0.15, 0.2) is 47.4 Å². The Morgan fingerprint density at radius 1 is 1.26 bits per heavy atom. The molecule has 0 unspecified atom stereocenters. The number of hydrogen-bond donors (Lipinski definition) is 1. The maximum absolute atomic E-state index is 12.1. The number of methoxy groups -OCH3 is 1. The molecule has 23 heavy (non-hydrogen) atoms. The van der Waals surface area contributed by atoms with Gasteiger partial charge in [0.1, 0.15) is 5.75 Å². The summed E-state index contributed by atoms with van der Waals surface area (Å²) in [5.41, 5.74) is 1.70. The number of nitrogens with one attached hydrogen (secondary N) is 1. The quantitative estimate of drug-likeness (QED) is 0.699. The summed E-state index contributed by atoms with van der Waals surface area (Å²) < 4.78 is 6.25. The summed E-state index contributed by atoms with van der Waals surface area (Å²) in [7, 11) is 1.64. The molecule has 6 heteroatoms. The Balaban J connectivity index is 1.59. The normalized spacial score (nSPS) is 10.7. The van der Waals surface area contributed by atoms with Crippen LogP contribution in [0.1, 0.15) is 5.01 Å². The molecule has 1 heterocycles. The molecule has 1 N–H and O–H groups in total. The second kappa shape index (κ2) is 7.02. The third kappa shape index (κ3) is 4.03. The van der Waals surface area contributed by atoms with E-state index in [0.29, 0.717) is 5.75 Å². The van der Waals surface area contributed by atoms with Gasteiger partial charge in [-0.1, -0.05) is 0 Å². The van der Waals surface area contributed by atoms with Crippen molar-refractivity contribution in [2.24, 2.45) is 0 Å². The number of thiazole rings is 1. The maximum Gasteiger partial charge on any atom is 0.234 e. The zero-order chi connectivity index (χ0) is 16.2. The van der Waals surface area contributed by atoms with Crippen molar-refractivity contribution in [1.29, 1.82) is 0 Å². The molecule has 0 saturated heterocycles. The number of benzene rings is 2. The van der Waals surface area contributed by atoms with Crippen molar-refractivity contribution < 1.29 is 9.53 Å². The van der Waals surface area contributed by atoms with Crippen LogP contribution in [0.4, 0.5) is 5.69 Å². The summed E-state index contributed by atoms with van der Waals surface area (Å²) in [4.78, 5) is 17.6. The highest BCUT2D eigenvalue weighted by molar-refractivity contribution is 8.00. The molecule has 0 radical (unpaired) electrons. The Morgan fingerprint density at radius 2 is 2.04 bits per heavy atom. The minimum atomic E-state index is -0.0304. The van der Waals surface area contributed by atoms with Crippen molar-refractivity contribution in [2.45, 2.75) is 11.8 Å². The number of carbonyl (C=O) groups is 1. The molecule has 0 saturated carbocycles. The number of fused-ring (bicyclic) bond motifs is 1. The lowest BCUT2D eigenvalue weighted by atomic mass is 10.3. The summed E-state index contributed by atoms with van der Waals surface area (Å²) >= 11 is 3.15. The average molecular weight is 344 g/mol. The number of anilines is 1. The van der Waals surface area contributed by atoms with Crippen LogP contribution in [-0.2, 0) is 4.79 Å². The molecular weight excluding hydrogens is 328 g/mol. The highest BCUT2D eigenvalue weighted by Crippen LogP contribution is 2.25. The Labute approximate surface area is 142 Å². The number of ether oxygens (including phenoxy) is 1. The van der Waals surface area contributed by atoms with Gasteiger partial charge in [0.2, 0.25) is 5.91 Å². The average Bonchev–Trinajstić information content (AvgIpc) is 2.92. The van der Waals surface area contributed by atoms with E-state index in [1.165, 1.54) is 11.8 Å². The summed E-state index contributed by atoms with van der Waals surface area (Å²) in [6.45, 7) is 1.98. The molecule has 0 aliphatic heterocycles. The van der Waals surface area contributed by atoms with Crippen LogP contribution in [0.25, 0.3) is 10.2 Å². The molecule has 118 valence electrons. The largest absolute Gasteiger partial charge is 0.497 e. The van der Waals surface area contributed by atoms with Gasteiger partial charge in [0, 0.05) is 10.6 Å². The van der Waals surface area contributed by atoms with Crippen molar-refractivity contribution >= 4 is 44.9 Å². The number of hydrogen-bond acceptors (Lipinski definition) is 5. The van der Waals surface area contributed by atoms with E-state index in [1.807, 2.05) is 49.4 Å². The van der Waals surface area contributed by atoms with Crippen molar-refractivity contribution in [3.05, 3.63) is 47.5 Å². The van der Waals surface area contributed by atoms with Gasteiger partial charge < -0.3 is 10.1 Å². The lowest BCUT2D eigenvalue weighted by molar-refractivity contribution is -0.113. The van der Waals surface area contributed by atoms with Crippen molar-refractivity contribution in [2.75, 3.05) is 18.2 Å². The second-order valence-corrected chi connectivity index (χ2v) is 7.21. The third-order valence-corrected chi connectivity index (χ3v) is 5.17. The fraction of sp³-hybridized carbons (Fsp3) is 0.176. The standard InChI is InChI=1S/C17H16N2O2S2/c1-11-18-15-9-12(3-8-16(15)23-11)19-17(20)10-22-14-6-4-13(21-2)5-7-14/h3-9H,10H2,1-2H3,(H,19,20). The van der Waals surface area contributed by atoms with Crippen LogP contribution >= 0.6 is 23.1 Å². The third-order valence-electron chi connectivity index (χ3n) is 3.21. The van der Waals surface area contributed by atoms with Crippen LogP contribution < -0.4 is 10.1 Å². The Morgan fingerprint density at radius 3 is 2.78 bits per heavy atom. The van der Waals surface area contributed by atoms with Gasteiger partial charge in [-0.3, -0.25) is 4.79 Å². The first-order valence-electron chi connectivity index (χ1n) is 7.08. The minimum absolute atomic E-state index is 0.0304. The van der Waals surface area contributed by atoms with Crippen LogP contribution in [0.5, 0.6) is 5.75 Å². The zero-order valence-corrected chi connectivity index (χ0v) is 14.5. The molecule has 4 nitrogen and oxygen atoms in total. The molecule has 0 bridgehead atoms. The molecule has 3 aromatic rings. The molecule has 1 aromatic heterocycles. The fourth-order valence-corrected chi connectivity index (χ4v) is 3.64. The predicted octanol–water partition coefficient (Wildman–Crippen LogP) is 4.34. The number of thioether (sulfide) groups is 1. The number of aryl methyl sites for hydroxylation is 1. The molecular formula is C17H16N2O2S2. The highest BCUT2D eigenvalue weighted by Gasteiger charge is 2.06. The molecule has 3 rings (SSSR count). The second-order valence-electron chi connectivity index (χ2n) is 4.93. The monoisotopic (exact) mass is 344 g/mol. The van der Waals surface area contributed by atoms with Crippen molar-refractivity contribution in [3.63, 3.8) is 0 Å². The van der Waals surface area contributed by atoms with Gasteiger partial charge in [0.05, 0.1) is 28.1 Å². The van der Waals surface area contributed by atoms with E-state index < -0.39 is 0 Å². The summed E-state index contributed by atoms with van der Waals surface area (Å²) in [5.74, 6) is 1.14. The number of amides is 1. The van der Waals surface area contributed by atoms with Gasteiger partial charge in [0.25, 0.3) is 0 Å². The number of aromatic nitrogens is 1. The smallest absolute Gasteiger partial charge is 0.234 e. The van der Waals surface area contributed by atoms with Crippen LogP contribution in [0, 0.1) is 6.92 Å². The predicted molar refractivity (Wildman–Crippen MR) is 96.7 cm³/mol. The Hall–Kier alpha value is -2.05. The molecule has 1 amide bonds. The molecule has 0 aliphatic rings. The fourth-order valence-electron chi connectivity index (χ4n) is 2.14. The van der Waals surface area contributed by atoms with Crippen molar-refractivity contribution in [1.82, 2.24) is 4.98 Å². The first-order chi connectivity index (χ1) is 11.1. The Kier molecular flexibility index (Phi) is 4.83. The first kappa shape index (κ1) is 15.8. The number of nitrogens with zero attached hydrogens (tertiary/aromatic N) is 1. The van der Waals surface area contributed by atoms with E-state index in [9.17, 15) is 4.79 Å². The molecule has 0 spiro atoms. The lowest BCUT2D eigenvalue weighted by Gasteiger charge is -2.06. The zero-order valence-electron chi connectivity index (χ0n) is 12.8. The summed E-state index contributed by atoms with van der Waals surface area (Å²) in [5, 5.41) is 3.94. The van der Waals surface area contributed by atoms with Crippen LogP contribution in [-0.4, -0.2) is 23.8 Å². The van der Waals surface area contributed by atoms with Gasteiger partial charge in [-0.25, -0.2) is 4.98 Å². The Bertz CT molecular complexity index is 828. The molecule has 0 aliphatic carbocycles. The van der Waals surface area contributed by atoms with Crippen LogP contribution in [0.2, 0.25) is 0 Å². The van der Waals surface area contributed by atoms with Crippen molar-refractivity contribution in [3.8, 4) is 5.75 Å². The van der Waals surface area contributed by atoms with E-state index in [1.54, 1.807) is 18.4 Å². The number of rotatable bonds is 5. The first-order valence-corrected chi connectivity index (χ1v) is 8.88. The van der Waals surface area contributed by atoms with Gasteiger partial charge in [-0.15, -0.1) is 23.1 Å². The van der Waals surface area contributed by atoms with E-state index in [-0.39, 0.29) is 5.91 Å². The van der Waals surface area contributed by atoms with E-state index in [4.69, 9.17) is 4.74 Å². The SMILES string of the molecule is COc1ccc(SCC(=O)Nc2ccc3sc(C)nc3c2)cc1. The van der Waals surface area contributed by atoms with Gasteiger partial charge >= 0.3 is 0 Å². The van der Waals surface area contributed by atoms with E-state index in [0.717, 1.165) is 31.6 Å². The van der Waals surface area contributed by atoms with E-state index in [2.05, 4.69) is 10.3 Å². The highest BCUT2D eigenvalue weighted by atomic mass is 32.2. The summed E-state index contributed by atoms with van der Waals surface area (Å²) in [6.07, 6.45) is 0. The lowest BCUT2D eigenvalue weighted by Crippen LogP contribution is -2.13. The topological polar surface area (TPSA) is 51.2 Å². The minimum Gasteiger partial charge on any atom is -0.497 e. The molecule has 2 aromatic carbocycles. The van der Waals surface area contributed by atoms with E-state index >= 15 is 0 Å². The molecule has 0 fully saturated rings. The van der Waals surface area contributed by atoms with Gasteiger partial charge in [-0.05, 0) is 49.4 Å². The summed E-state index contributed by atoms with van der Waals surface area (Å²) in [6, 6.07) is 13.5. The maximum atomic E-state index is 12.1. The van der Waals surface area contributed by atoms with Crippen LogP contribution in [0.3, 0.4) is 0 Å². The van der Waals surface area contributed by atoms with Gasteiger partial charge in [0.15, 0.2) is 0 Å².